The number of ether oxygens (including phenoxy) is 1. The first kappa shape index (κ1) is 18.1. The number of H-pyrrole nitrogens is 1. The Morgan fingerprint density at radius 3 is 3.08 bits per heavy atom. The van der Waals surface area contributed by atoms with Crippen molar-refractivity contribution in [3.8, 4) is 0 Å². The molecule has 3 aromatic rings. The maximum Gasteiger partial charge on any atom is 0.337 e. The molecular formula is C16H15N5O3S2. The minimum absolute atomic E-state index is 0.257. The van der Waals surface area contributed by atoms with Crippen LogP contribution in [0.4, 0.5) is 5.13 Å². The second-order valence-electron chi connectivity index (χ2n) is 5.07. The van der Waals surface area contributed by atoms with Crippen LogP contribution in [0.15, 0.2) is 40.0 Å². The number of benzene rings is 1. The molecule has 0 radical (unpaired) electrons. The van der Waals surface area contributed by atoms with Gasteiger partial charge in [-0.05, 0) is 18.2 Å². The molecule has 0 bridgehead atoms. The number of carbonyl (C=O) groups excluding carboxylic acids is 1. The van der Waals surface area contributed by atoms with Crippen molar-refractivity contribution < 1.29 is 9.53 Å². The molecule has 0 aliphatic rings. The van der Waals surface area contributed by atoms with Gasteiger partial charge in [0.15, 0.2) is 4.34 Å². The lowest BCUT2D eigenvalue weighted by atomic mass is 10.1. The highest BCUT2D eigenvalue weighted by Gasteiger charge is 2.11. The number of aromatic amines is 1. The van der Waals surface area contributed by atoms with E-state index in [9.17, 15) is 9.59 Å². The number of nitrogens with zero attached hydrogens (tertiary/aromatic N) is 3. The average Bonchev–Trinajstić information content (AvgIpc) is 3.11. The maximum absolute atomic E-state index is 12.2. The van der Waals surface area contributed by atoms with Gasteiger partial charge < -0.3 is 15.0 Å². The van der Waals surface area contributed by atoms with Crippen molar-refractivity contribution in [1.82, 2.24) is 20.2 Å². The molecule has 2 heterocycles. The Balaban J connectivity index is 1.79. The second-order valence-corrected chi connectivity index (χ2v) is 7.27. The molecular weight excluding hydrogens is 374 g/mol. The lowest BCUT2D eigenvalue weighted by Gasteiger charge is -2.04. The van der Waals surface area contributed by atoms with Gasteiger partial charge in [-0.25, -0.2) is 9.78 Å². The first-order valence-corrected chi connectivity index (χ1v) is 9.33. The summed E-state index contributed by atoms with van der Waals surface area (Å²) >= 11 is 2.82. The molecule has 0 aliphatic carbocycles. The molecule has 0 fully saturated rings. The van der Waals surface area contributed by atoms with Gasteiger partial charge in [0, 0.05) is 6.54 Å². The van der Waals surface area contributed by atoms with Crippen LogP contribution >= 0.6 is 23.1 Å². The molecule has 0 amide bonds. The molecule has 0 unspecified atom stereocenters. The zero-order valence-electron chi connectivity index (χ0n) is 13.8. The van der Waals surface area contributed by atoms with Gasteiger partial charge >= 0.3 is 5.97 Å². The summed E-state index contributed by atoms with van der Waals surface area (Å²) in [5, 5.41) is 12.3. The van der Waals surface area contributed by atoms with E-state index in [1.807, 2.05) is 0 Å². The first-order chi connectivity index (χ1) is 12.6. The molecule has 3 rings (SSSR count). The molecule has 2 N–H and O–H groups in total. The second kappa shape index (κ2) is 8.11. The molecule has 134 valence electrons. The summed E-state index contributed by atoms with van der Waals surface area (Å²) in [5.74, 6) is 0.438. The van der Waals surface area contributed by atoms with E-state index in [-0.39, 0.29) is 5.56 Å². The molecule has 0 saturated heterocycles. The standard InChI is InChI=1S/C16H15N5O3S2/c1-3-6-17-15-20-21-16(26-15)25-8-12-18-11-7-9(14(23)24-2)4-5-10(11)13(22)19-12/h3-5,7H,1,6,8H2,2H3,(H,17,20)(H,18,19,22). The van der Waals surface area contributed by atoms with Crippen molar-refractivity contribution in [3.63, 3.8) is 0 Å². The number of rotatable bonds is 7. The Labute approximate surface area is 156 Å². The normalized spacial score (nSPS) is 10.7. The summed E-state index contributed by atoms with van der Waals surface area (Å²) in [6.07, 6.45) is 1.74. The third kappa shape index (κ3) is 4.09. The molecule has 0 atom stereocenters. The Kier molecular flexibility index (Phi) is 5.64. The summed E-state index contributed by atoms with van der Waals surface area (Å²) < 4.78 is 5.45. The zero-order valence-corrected chi connectivity index (χ0v) is 15.4. The van der Waals surface area contributed by atoms with Gasteiger partial charge in [0.1, 0.15) is 5.82 Å². The molecule has 8 nitrogen and oxygen atoms in total. The Morgan fingerprint density at radius 1 is 1.46 bits per heavy atom. The number of anilines is 1. The SMILES string of the molecule is C=CCNc1nnc(SCc2nc3cc(C(=O)OC)ccc3c(=O)[nH]2)s1. The van der Waals surface area contributed by atoms with Crippen LogP contribution in [-0.4, -0.2) is 39.8 Å². The van der Waals surface area contributed by atoms with Crippen LogP contribution in [-0.2, 0) is 10.5 Å². The Hall–Kier alpha value is -2.72. The van der Waals surface area contributed by atoms with E-state index in [0.29, 0.717) is 39.7 Å². The van der Waals surface area contributed by atoms with Gasteiger partial charge in [0.25, 0.3) is 5.56 Å². The lowest BCUT2D eigenvalue weighted by Crippen LogP contribution is -2.12. The number of thioether (sulfide) groups is 1. The summed E-state index contributed by atoms with van der Waals surface area (Å²) in [6.45, 7) is 4.24. The first-order valence-electron chi connectivity index (χ1n) is 7.53. The molecule has 1 aromatic carbocycles. The highest BCUT2D eigenvalue weighted by molar-refractivity contribution is 8.00. The largest absolute Gasteiger partial charge is 0.465 e. The fraction of sp³-hybridized carbons (Fsp3) is 0.188. The van der Waals surface area contributed by atoms with E-state index in [1.54, 1.807) is 24.3 Å². The van der Waals surface area contributed by atoms with Gasteiger partial charge in [-0.15, -0.1) is 16.8 Å². The third-order valence-corrected chi connectivity index (χ3v) is 5.34. The van der Waals surface area contributed by atoms with Crippen molar-refractivity contribution in [2.75, 3.05) is 19.0 Å². The Morgan fingerprint density at radius 2 is 2.31 bits per heavy atom. The molecule has 26 heavy (non-hydrogen) atoms. The van der Waals surface area contributed by atoms with Crippen LogP contribution in [0.25, 0.3) is 10.9 Å². The van der Waals surface area contributed by atoms with Crippen molar-refractivity contribution in [1.29, 1.82) is 0 Å². The van der Waals surface area contributed by atoms with E-state index < -0.39 is 5.97 Å². The number of methoxy groups -OCH3 is 1. The number of carbonyl (C=O) groups is 1. The summed E-state index contributed by atoms with van der Waals surface area (Å²) in [6, 6.07) is 4.65. The zero-order chi connectivity index (χ0) is 18.5. The van der Waals surface area contributed by atoms with Crippen molar-refractivity contribution in [2.24, 2.45) is 0 Å². The number of nitrogens with one attached hydrogen (secondary N) is 2. The average molecular weight is 389 g/mol. The topological polar surface area (TPSA) is 110 Å². The fourth-order valence-corrected chi connectivity index (χ4v) is 3.76. The summed E-state index contributed by atoms with van der Waals surface area (Å²) in [4.78, 5) is 31.0. The van der Waals surface area contributed by atoms with Crippen LogP contribution in [0.5, 0.6) is 0 Å². The molecule has 0 saturated carbocycles. The van der Waals surface area contributed by atoms with Crippen LogP contribution in [0.2, 0.25) is 0 Å². The van der Waals surface area contributed by atoms with Gasteiger partial charge in [0.2, 0.25) is 5.13 Å². The Bertz CT molecular complexity index is 1010. The lowest BCUT2D eigenvalue weighted by molar-refractivity contribution is 0.0601. The van der Waals surface area contributed by atoms with Gasteiger partial charge in [-0.2, -0.15) is 0 Å². The molecule has 0 spiro atoms. The van der Waals surface area contributed by atoms with E-state index in [1.165, 1.54) is 30.2 Å². The van der Waals surface area contributed by atoms with E-state index in [0.717, 1.165) is 4.34 Å². The highest BCUT2D eigenvalue weighted by atomic mass is 32.2. The number of aromatic nitrogens is 4. The minimum atomic E-state index is -0.474. The van der Waals surface area contributed by atoms with Crippen molar-refractivity contribution in [2.45, 2.75) is 10.1 Å². The fourth-order valence-electron chi connectivity index (χ4n) is 2.13. The van der Waals surface area contributed by atoms with Crippen LogP contribution in [0, 0.1) is 0 Å². The predicted octanol–water partition coefficient (Wildman–Crippen LogP) is 2.45. The van der Waals surface area contributed by atoms with E-state index in [2.05, 4.69) is 32.1 Å². The predicted molar refractivity (Wildman–Crippen MR) is 102 cm³/mol. The monoisotopic (exact) mass is 389 g/mol. The number of fused-ring (bicyclic) bond motifs is 1. The van der Waals surface area contributed by atoms with E-state index >= 15 is 0 Å². The summed E-state index contributed by atoms with van der Waals surface area (Å²) in [5.41, 5.74) is 0.532. The molecule has 2 aromatic heterocycles. The van der Waals surface area contributed by atoms with Crippen molar-refractivity contribution >= 4 is 45.1 Å². The number of hydrogen-bond donors (Lipinski definition) is 2. The van der Waals surface area contributed by atoms with Gasteiger partial charge in [-0.1, -0.05) is 29.2 Å². The smallest absolute Gasteiger partial charge is 0.337 e. The number of esters is 1. The summed E-state index contributed by atoms with van der Waals surface area (Å²) in [7, 11) is 1.31. The van der Waals surface area contributed by atoms with Crippen LogP contribution in [0.3, 0.4) is 0 Å². The maximum atomic E-state index is 12.2. The third-order valence-electron chi connectivity index (χ3n) is 3.31. The van der Waals surface area contributed by atoms with E-state index in [4.69, 9.17) is 4.74 Å². The van der Waals surface area contributed by atoms with Gasteiger partial charge in [0.05, 0.1) is 29.3 Å². The molecule has 0 aliphatic heterocycles. The quantitative estimate of drug-likeness (QED) is 0.360. The highest BCUT2D eigenvalue weighted by Crippen LogP contribution is 2.27. The number of hydrogen-bond acceptors (Lipinski definition) is 9. The van der Waals surface area contributed by atoms with Crippen molar-refractivity contribution in [3.05, 3.63) is 52.6 Å². The minimum Gasteiger partial charge on any atom is -0.465 e. The molecule has 10 heteroatoms. The van der Waals surface area contributed by atoms with Crippen LogP contribution < -0.4 is 10.9 Å². The van der Waals surface area contributed by atoms with Crippen LogP contribution in [0.1, 0.15) is 16.2 Å². The van der Waals surface area contributed by atoms with Gasteiger partial charge in [-0.3, -0.25) is 4.79 Å².